The van der Waals surface area contributed by atoms with Crippen LogP contribution in [0.1, 0.15) is 0 Å². The van der Waals surface area contributed by atoms with E-state index in [0.29, 0.717) is 5.69 Å². The van der Waals surface area contributed by atoms with Crippen LogP contribution in [0.2, 0.25) is 0 Å². The normalized spacial score (nSPS) is 10.2. The summed E-state index contributed by atoms with van der Waals surface area (Å²) in [7, 11) is 0. The number of hydrogen-bond acceptors (Lipinski definition) is 3. The molecule has 0 saturated heterocycles. The van der Waals surface area contributed by atoms with E-state index >= 15 is 0 Å². The highest BCUT2D eigenvalue weighted by atomic mass is 19.3. The van der Waals surface area contributed by atoms with Crippen molar-refractivity contribution >= 4 is 17.4 Å². The highest BCUT2D eigenvalue weighted by Crippen LogP contribution is 2.19. The van der Waals surface area contributed by atoms with Crippen LogP contribution in [0, 0.1) is 5.82 Å². The fourth-order valence-corrected chi connectivity index (χ4v) is 1.57. The monoisotopic (exact) mass is 311 g/mol. The number of carbonyl (C=O) groups is 1. The Morgan fingerprint density at radius 1 is 1.05 bits per heavy atom. The van der Waals surface area contributed by atoms with Crippen molar-refractivity contribution in [1.82, 2.24) is 5.43 Å². The molecule has 0 unspecified atom stereocenters. The van der Waals surface area contributed by atoms with E-state index in [1.807, 2.05) is 0 Å². The molecule has 116 valence electrons. The molecule has 0 spiro atoms. The molecule has 0 heterocycles. The average molecular weight is 311 g/mol. The van der Waals surface area contributed by atoms with Gasteiger partial charge in [0.15, 0.2) is 0 Å². The molecule has 2 rings (SSSR count). The molecule has 3 N–H and O–H groups in total. The molecule has 0 atom stereocenters. The van der Waals surface area contributed by atoms with Crippen molar-refractivity contribution in [3.05, 3.63) is 54.3 Å². The van der Waals surface area contributed by atoms with E-state index in [-0.39, 0.29) is 11.4 Å². The maximum atomic E-state index is 12.7. The summed E-state index contributed by atoms with van der Waals surface area (Å²) >= 11 is 0. The predicted octanol–water partition coefficient (Wildman–Crippen LogP) is 3.58. The first-order chi connectivity index (χ1) is 10.5. The third-order valence-electron chi connectivity index (χ3n) is 2.48. The van der Waals surface area contributed by atoms with Gasteiger partial charge < -0.3 is 10.1 Å². The van der Waals surface area contributed by atoms with E-state index in [2.05, 4.69) is 20.9 Å². The van der Waals surface area contributed by atoms with Gasteiger partial charge in [-0.2, -0.15) is 8.78 Å². The van der Waals surface area contributed by atoms with Gasteiger partial charge in [-0.15, -0.1) is 0 Å². The van der Waals surface area contributed by atoms with E-state index in [1.165, 1.54) is 48.5 Å². The lowest BCUT2D eigenvalue weighted by atomic mass is 10.3. The number of alkyl halides is 2. The molecule has 0 fully saturated rings. The molecule has 0 aromatic heterocycles. The van der Waals surface area contributed by atoms with Crippen molar-refractivity contribution < 1.29 is 22.7 Å². The maximum Gasteiger partial charge on any atom is 0.387 e. The molecule has 5 nitrogen and oxygen atoms in total. The Kier molecular flexibility index (Phi) is 5.07. The molecule has 2 aromatic carbocycles. The second kappa shape index (κ2) is 7.21. The van der Waals surface area contributed by atoms with Crippen LogP contribution in [0.15, 0.2) is 48.5 Å². The third-order valence-corrected chi connectivity index (χ3v) is 2.48. The van der Waals surface area contributed by atoms with Crippen LogP contribution in [0.4, 0.5) is 29.3 Å². The molecule has 22 heavy (non-hydrogen) atoms. The van der Waals surface area contributed by atoms with Crippen LogP contribution < -0.4 is 20.9 Å². The fraction of sp³-hybridized carbons (Fsp3) is 0.0714. The second-order valence-corrected chi connectivity index (χ2v) is 4.12. The Bertz CT molecular complexity index is 635. The zero-order valence-electron chi connectivity index (χ0n) is 11.1. The lowest BCUT2D eigenvalue weighted by Gasteiger charge is -2.11. The third kappa shape index (κ3) is 4.89. The fourth-order valence-electron chi connectivity index (χ4n) is 1.57. The zero-order chi connectivity index (χ0) is 15.9. The first-order valence-electron chi connectivity index (χ1n) is 6.16. The largest absolute Gasteiger partial charge is 0.435 e. The molecular formula is C14H12F3N3O2. The minimum absolute atomic E-state index is 0.0701. The Morgan fingerprint density at radius 2 is 1.77 bits per heavy atom. The number of halogens is 3. The molecule has 0 aliphatic carbocycles. The molecular weight excluding hydrogens is 299 g/mol. The van der Waals surface area contributed by atoms with E-state index in [9.17, 15) is 18.0 Å². The number of rotatable bonds is 5. The summed E-state index contributed by atoms with van der Waals surface area (Å²) in [4.78, 5) is 11.6. The molecule has 0 radical (unpaired) electrons. The molecule has 0 saturated carbocycles. The number of hydrazine groups is 1. The van der Waals surface area contributed by atoms with Crippen molar-refractivity contribution in [1.29, 1.82) is 0 Å². The minimum atomic E-state index is -2.94. The van der Waals surface area contributed by atoms with Gasteiger partial charge in [-0.1, -0.05) is 6.07 Å². The van der Waals surface area contributed by atoms with Gasteiger partial charge in [-0.05, 0) is 36.4 Å². The van der Waals surface area contributed by atoms with Gasteiger partial charge in [0, 0.05) is 11.8 Å². The quantitative estimate of drug-likeness (QED) is 0.740. The van der Waals surface area contributed by atoms with E-state index in [0.717, 1.165) is 0 Å². The lowest BCUT2D eigenvalue weighted by molar-refractivity contribution is -0.0497. The van der Waals surface area contributed by atoms with Crippen LogP contribution in [0.3, 0.4) is 0 Å². The summed E-state index contributed by atoms with van der Waals surface area (Å²) in [5, 5.41) is 2.43. The Balaban J connectivity index is 1.87. The molecule has 0 bridgehead atoms. The van der Waals surface area contributed by atoms with Crippen LogP contribution in [-0.2, 0) is 0 Å². The molecule has 2 amide bonds. The van der Waals surface area contributed by atoms with Crippen LogP contribution in [0.25, 0.3) is 0 Å². The van der Waals surface area contributed by atoms with E-state index in [1.54, 1.807) is 0 Å². The Morgan fingerprint density at radius 3 is 2.45 bits per heavy atom. The zero-order valence-corrected chi connectivity index (χ0v) is 11.1. The molecule has 8 heteroatoms. The summed E-state index contributed by atoms with van der Waals surface area (Å²) in [5.74, 6) is -0.467. The van der Waals surface area contributed by atoms with Gasteiger partial charge in [0.25, 0.3) is 0 Å². The Labute approximate surface area is 124 Å². The summed E-state index contributed by atoms with van der Waals surface area (Å²) in [6.07, 6.45) is 0. The number of hydrogen-bond donors (Lipinski definition) is 3. The number of ether oxygens (including phenoxy) is 1. The standard InChI is InChI=1S/C14H12F3N3O2/c15-9-4-6-10(7-5-9)19-20-14(21)18-11-2-1-3-12(8-11)22-13(16)17/h1-8,13,19H,(H2,18,20,21). The maximum absolute atomic E-state index is 12.7. The number of carbonyl (C=O) groups excluding carboxylic acids is 1. The topological polar surface area (TPSA) is 62.4 Å². The summed E-state index contributed by atoms with van der Waals surface area (Å²) in [6, 6.07) is 10.3. The summed E-state index contributed by atoms with van der Waals surface area (Å²) in [5.41, 5.74) is 5.63. The average Bonchev–Trinajstić information content (AvgIpc) is 2.46. The predicted molar refractivity (Wildman–Crippen MR) is 75.3 cm³/mol. The number of benzene rings is 2. The SMILES string of the molecule is O=C(NNc1ccc(F)cc1)Nc1cccc(OC(F)F)c1. The minimum Gasteiger partial charge on any atom is -0.435 e. The van der Waals surface area contributed by atoms with Crippen molar-refractivity contribution in [3.8, 4) is 5.75 Å². The van der Waals surface area contributed by atoms with Crippen LogP contribution in [0.5, 0.6) is 5.75 Å². The van der Waals surface area contributed by atoms with Crippen LogP contribution >= 0.6 is 0 Å². The van der Waals surface area contributed by atoms with Crippen molar-refractivity contribution in [2.24, 2.45) is 0 Å². The van der Waals surface area contributed by atoms with Gasteiger partial charge >= 0.3 is 12.6 Å². The first kappa shape index (κ1) is 15.5. The Hall–Kier alpha value is -2.90. The van der Waals surface area contributed by atoms with E-state index < -0.39 is 18.5 Å². The molecule has 2 aromatic rings. The number of anilines is 2. The highest BCUT2D eigenvalue weighted by Gasteiger charge is 2.06. The van der Waals surface area contributed by atoms with Crippen molar-refractivity contribution in [2.45, 2.75) is 6.61 Å². The van der Waals surface area contributed by atoms with Gasteiger partial charge in [-0.3, -0.25) is 10.9 Å². The highest BCUT2D eigenvalue weighted by molar-refractivity contribution is 5.90. The summed E-state index contributed by atoms with van der Waals surface area (Å²) in [6.45, 7) is -2.94. The van der Waals surface area contributed by atoms with Gasteiger partial charge in [-0.25, -0.2) is 9.18 Å². The van der Waals surface area contributed by atoms with Gasteiger partial charge in [0.2, 0.25) is 0 Å². The number of urea groups is 1. The molecule has 0 aliphatic rings. The van der Waals surface area contributed by atoms with Crippen LogP contribution in [-0.4, -0.2) is 12.6 Å². The number of nitrogens with one attached hydrogen (secondary N) is 3. The number of amides is 2. The summed E-state index contributed by atoms with van der Waals surface area (Å²) < 4.78 is 41.1. The lowest BCUT2D eigenvalue weighted by Crippen LogP contribution is -2.33. The first-order valence-corrected chi connectivity index (χ1v) is 6.16. The van der Waals surface area contributed by atoms with Gasteiger partial charge in [0.05, 0.1) is 5.69 Å². The second-order valence-electron chi connectivity index (χ2n) is 4.12. The van der Waals surface area contributed by atoms with Gasteiger partial charge in [0.1, 0.15) is 11.6 Å². The molecule has 0 aliphatic heterocycles. The van der Waals surface area contributed by atoms with Crippen molar-refractivity contribution in [3.63, 3.8) is 0 Å². The van der Waals surface area contributed by atoms with E-state index in [4.69, 9.17) is 0 Å². The smallest absolute Gasteiger partial charge is 0.387 e. The van der Waals surface area contributed by atoms with Crippen molar-refractivity contribution in [2.75, 3.05) is 10.7 Å².